The number of esters is 2. The molecule has 1 saturated heterocycles. The van der Waals surface area contributed by atoms with E-state index in [9.17, 15) is 14.4 Å². The van der Waals surface area contributed by atoms with Gasteiger partial charge in [-0.3, -0.25) is 14.4 Å². The molecule has 5 atom stereocenters. The second-order valence-electron chi connectivity index (χ2n) is 6.30. The van der Waals surface area contributed by atoms with Gasteiger partial charge in [0.2, 0.25) is 0 Å². The van der Waals surface area contributed by atoms with Crippen LogP contribution in [0.25, 0.3) is 0 Å². The molecule has 1 heterocycles. The fourth-order valence-corrected chi connectivity index (χ4v) is 4.16. The zero-order valence-electron chi connectivity index (χ0n) is 15.8. The predicted octanol–water partition coefficient (Wildman–Crippen LogP) is 1.05. The molecule has 154 valence electrons. The van der Waals surface area contributed by atoms with Crippen molar-refractivity contribution in [2.45, 2.75) is 50.1 Å². The number of hydrogen-bond donors (Lipinski definition) is 1. The fourth-order valence-electron chi connectivity index (χ4n) is 2.91. The minimum Gasteiger partial charge on any atom is -0.463 e. The third-order valence-electron chi connectivity index (χ3n) is 4.18. The van der Waals surface area contributed by atoms with Gasteiger partial charge < -0.3 is 24.7 Å². The van der Waals surface area contributed by atoms with Gasteiger partial charge in [0.05, 0.1) is 6.04 Å². The van der Waals surface area contributed by atoms with Crippen LogP contribution in [-0.2, 0) is 39.8 Å². The second kappa shape index (κ2) is 11.0. The Morgan fingerprint density at radius 3 is 2.50 bits per heavy atom. The van der Waals surface area contributed by atoms with Crippen molar-refractivity contribution in [1.29, 1.82) is 0 Å². The van der Waals surface area contributed by atoms with Crippen molar-refractivity contribution in [3.05, 3.63) is 35.9 Å². The molecule has 0 aliphatic carbocycles. The van der Waals surface area contributed by atoms with Gasteiger partial charge >= 0.3 is 11.9 Å². The van der Waals surface area contributed by atoms with Crippen molar-refractivity contribution in [3.63, 3.8) is 0 Å². The van der Waals surface area contributed by atoms with Gasteiger partial charge in [-0.25, -0.2) is 0 Å². The summed E-state index contributed by atoms with van der Waals surface area (Å²) in [6.45, 7) is 2.69. The topological polar surface area (TPSA) is 114 Å². The Balaban J connectivity index is 2.08. The molecule has 1 fully saturated rings. The highest BCUT2D eigenvalue weighted by atomic mass is 32.2. The Morgan fingerprint density at radius 1 is 1.18 bits per heavy atom. The van der Waals surface area contributed by atoms with E-state index in [0.717, 1.165) is 12.0 Å². The number of aryl methyl sites for hydroxylation is 1. The molecule has 0 spiro atoms. The molecule has 8 nitrogen and oxygen atoms in total. The largest absolute Gasteiger partial charge is 0.463 e. The number of hydrogen-bond acceptors (Lipinski definition) is 9. The Kier molecular flexibility index (Phi) is 8.75. The molecule has 2 N–H and O–H groups in total. The second-order valence-corrected chi connectivity index (χ2v) is 7.51. The molecule has 2 rings (SSSR count). The average Bonchev–Trinajstić information content (AvgIpc) is 2.66. The van der Waals surface area contributed by atoms with Gasteiger partial charge in [-0.05, 0) is 17.7 Å². The molecule has 0 aromatic heterocycles. The van der Waals surface area contributed by atoms with Crippen LogP contribution in [0.3, 0.4) is 0 Å². The summed E-state index contributed by atoms with van der Waals surface area (Å²) in [5.74, 6) is -0.353. The van der Waals surface area contributed by atoms with Gasteiger partial charge in [0.15, 0.2) is 6.10 Å². The lowest BCUT2D eigenvalue weighted by atomic mass is 9.97. The Bertz CT molecular complexity index is 657. The van der Waals surface area contributed by atoms with Gasteiger partial charge in [-0.1, -0.05) is 30.3 Å². The van der Waals surface area contributed by atoms with Crippen LogP contribution in [0.5, 0.6) is 0 Å². The first-order valence-corrected chi connectivity index (χ1v) is 9.93. The van der Waals surface area contributed by atoms with E-state index in [4.69, 9.17) is 24.7 Å². The summed E-state index contributed by atoms with van der Waals surface area (Å²) in [4.78, 5) is 33.6. The highest BCUT2D eigenvalue weighted by Gasteiger charge is 2.48. The Labute approximate surface area is 168 Å². The SMILES string of the molecule is CC(=O)OCC1OC(SCCc2ccccc2)C(OC=O)C(N)C1OC(C)=O. The van der Waals surface area contributed by atoms with Crippen LogP contribution >= 0.6 is 11.8 Å². The number of carbonyl (C=O) groups excluding carboxylic acids is 3. The van der Waals surface area contributed by atoms with Crippen LogP contribution in [0, 0.1) is 0 Å². The van der Waals surface area contributed by atoms with E-state index >= 15 is 0 Å². The van der Waals surface area contributed by atoms with Gasteiger partial charge in [-0.15, -0.1) is 11.8 Å². The first kappa shape index (κ1) is 22.2. The Morgan fingerprint density at radius 2 is 1.89 bits per heavy atom. The summed E-state index contributed by atoms with van der Waals surface area (Å²) in [7, 11) is 0. The van der Waals surface area contributed by atoms with Crippen LogP contribution in [0.1, 0.15) is 19.4 Å². The van der Waals surface area contributed by atoms with Crippen LogP contribution in [0.2, 0.25) is 0 Å². The minimum atomic E-state index is -0.909. The first-order valence-electron chi connectivity index (χ1n) is 8.88. The van der Waals surface area contributed by atoms with Crippen LogP contribution in [0.4, 0.5) is 0 Å². The van der Waals surface area contributed by atoms with E-state index in [-0.39, 0.29) is 6.61 Å². The zero-order chi connectivity index (χ0) is 20.5. The molecule has 0 bridgehead atoms. The smallest absolute Gasteiger partial charge is 0.303 e. The lowest BCUT2D eigenvalue weighted by Crippen LogP contribution is -2.63. The molecule has 1 aliphatic heterocycles. The van der Waals surface area contributed by atoms with Crippen LogP contribution in [-0.4, -0.2) is 60.6 Å². The third kappa shape index (κ3) is 6.50. The van der Waals surface area contributed by atoms with Crippen molar-refractivity contribution in [1.82, 2.24) is 0 Å². The molecular formula is C19H25NO7S. The first-order chi connectivity index (χ1) is 13.4. The monoisotopic (exact) mass is 411 g/mol. The van der Waals surface area contributed by atoms with E-state index in [0.29, 0.717) is 12.2 Å². The summed E-state index contributed by atoms with van der Waals surface area (Å²) < 4.78 is 21.4. The molecule has 1 aromatic rings. The van der Waals surface area contributed by atoms with Crippen molar-refractivity contribution in [2.75, 3.05) is 12.4 Å². The molecule has 0 saturated carbocycles. The maximum atomic E-state index is 11.5. The molecule has 9 heteroatoms. The van der Waals surface area contributed by atoms with E-state index in [1.54, 1.807) is 0 Å². The lowest BCUT2D eigenvalue weighted by Gasteiger charge is -2.43. The summed E-state index contributed by atoms with van der Waals surface area (Å²) >= 11 is 1.44. The quantitative estimate of drug-likeness (QED) is 0.362. The number of benzene rings is 1. The predicted molar refractivity (Wildman–Crippen MR) is 102 cm³/mol. The van der Waals surface area contributed by atoms with Gasteiger partial charge in [0.25, 0.3) is 6.47 Å². The molecule has 0 radical (unpaired) electrons. The summed E-state index contributed by atoms with van der Waals surface area (Å²) in [5.41, 5.74) is 6.81. The maximum Gasteiger partial charge on any atom is 0.303 e. The normalized spacial score (nSPS) is 26.9. The van der Waals surface area contributed by atoms with Crippen molar-refractivity contribution in [3.8, 4) is 0 Å². The lowest BCUT2D eigenvalue weighted by molar-refractivity contribution is -0.197. The van der Waals surface area contributed by atoms with Gasteiger partial charge in [0.1, 0.15) is 24.3 Å². The van der Waals surface area contributed by atoms with Crippen molar-refractivity contribution < 1.29 is 33.3 Å². The molecule has 5 unspecified atom stereocenters. The molecule has 28 heavy (non-hydrogen) atoms. The zero-order valence-corrected chi connectivity index (χ0v) is 16.6. The van der Waals surface area contributed by atoms with Crippen molar-refractivity contribution >= 4 is 30.2 Å². The highest BCUT2D eigenvalue weighted by Crippen LogP contribution is 2.31. The van der Waals surface area contributed by atoms with Gasteiger partial charge in [-0.2, -0.15) is 0 Å². The third-order valence-corrected chi connectivity index (χ3v) is 5.33. The Hall–Kier alpha value is -2.10. The number of thioether (sulfide) groups is 1. The molecule has 1 aromatic carbocycles. The van der Waals surface area contributed by atoms with Gasteiger partial charge in [0, 0.05) is 13.8 Å². The summed E-state index contributed by atoms with van der Waals surface area (Å²) in [6, 6.07) is 9.09. The maximum absolute atomic E-state index is 11.5. The highest BCUT2D eigenvalue weighted by molar-refractivity contribution is 7.99. The average molecular weight is 411 g/mol. The van der Waals surface area contributed by atoms with E-state index in [2.05, 4.69) is 0 Å². The van der Waals surface area contributed by atoms with Crippen LogP contribution in [0.15, 0.2) is 30.3 Å². The summed E-state index contributed by atoms with van der Waals surface area (Å²) in [5, 5.41) is 0. The number of ether oxygens (including phenoxy) is 4. The molecular weight excluding hydrogens is 386 g/mol. The summed E-state index contributed by atoms with van der Waals surface area (Å²) in [6.07, 6.45) is -1.69. The fraction of sp³-hybridized carbons (Fsp3) is 0.526. The van der Waals surface area contributed by atoms with E-state index in [1.807, 2.05) is 30.3 Å². The minimum absolute atomic E-state index is 0.121. The number of rotatable bonds is 9. The molecule has 1 aliphatic rings. The van der Waals surface area contributed by atoms with Crippen LogP contribution < -0.4 is 5.73 Å². The van der Waals surface area contributed by atoms with E-state index in [1.165, 1.54) is 25.6 Å². The molecule has 0 amide bonds. The standard InChI is InChI=1S/C19H25NO7S/c1-12(22)24-10-15-17(26-13(2)23)16(20)18(25-11-21)19(27-15)28-9-8-14-6-4-3-5-7-14/h3-7,11,15-19H,8-10,20H2,1-2H3. The number of nitrogens with two attached hydrogens (primary N) is 1. The van der Waals surface area contributed by atoms with Crippen molar-refractivity contribution in [2.24, 2.45) is 5.73 Å². The van der Waals surface area contributed by atoms with E-state index < -0.39 is 41.7 Å². The number of carbonyl (C=O) groups is 3.